The summed E-state index contributed by atoms with van der Waals surface area (Å²) in [7, 11) is 0. The van der Waals surface area contributed by atoms with Gasteiger partial charge in [0.1, 0.15) is 48.8 Å². The molecule has 14 heteroatoms. The van der Waals surface area contributed by atoms with Crippen LogP contribution in [0.25, 0.3) is 0 Å². The van der Waals surface area contributed by atoms with Crippen LogP contribution in [-0.2, 0) is 23.7 Å². The Kier molecular flexibility index (Phi) is 66.0. The molecule has 2 rings (SSSR count). The van der Waals surface area contributed by atoms with E-state index in [-0.39, 0.29) is 18.9 Å². The third kappa shape index (κ3) is 52.8. The molecule has 9 N–H and O–H groups in total. The molecule has 0 spiro atoms. The van der Waals surface area contributed by atoms with E-state index in [0.29, 0.717) is 6.42 Å². The van der Waals surface area contributed by atoms with Crippen molar-refractivity contribution < 1.29 is 64.6 Å². The van der Waals surface area contributed by atoms with E-state index in [1.807, 2.05) is 6.08 Å². The molecule has 0 aromatic rings. The number of unbranched alkanes of at least 4 members (excludes halogenated alkanes) is 44. The molecule has 12 unspecified atom stereocenters. The fourth-order valence-corrected chi connectivity index (χ4v) is 13.6. The molecule has 1 amide bonds. The lowest BCUT2D eigenvalue weighted by molar-refractivity contribution is -0.359. The second-order valence-electron chi connectivity index (χ2n) is 29.6. The number of hydrogen-bond donors (Lipinski definition) is 9. The van der Waals surface area contributed by atoms with E-state index in [1.54, 1.807) is 6.08 Å². The minimum Gasteiger partial charge on any atom is -0.394 e. The number of carbonyl (C=O) groups is 1. The molecule has 102 heavy (non-hydrogen) atoms. The highest BCUT2D eigenvalue weighted by Crippen LogP contribution is 2.30. The molecule has 0 saturated carbocycles. The average Bonchev–Trinajstić information content (AvgIpc) is 0.790. The first-order valence-electron chi connectivity index (χ1n) is 42.5. The van der Waals surface area contributed by atoms with Crippen LogP contribution in [0.15, 0.2) is 97.2 Å². The van der Waals surface area contributed by atoms with E-state index in [2.05, 4.69) is 104 Å². The van der Waals surface area contributed by atoms with Crippen molar-refractivity contribution in [1.82, 2.24) is 5.32 Å². The zero-order valence-electron chi connectivity index (χ0n) is 65.1. The predicted molar refractivity (Wildman–Crippen MR) is 424 cm³/mol. The van der Waals surface area contributed by atoms with Crippen LogP contribution in [-0.4, -0.2) is 140 Å². The second kappa shape index (κ2) is 70.9. The van der Waals surface area contributed by atoms with Crippen molar-refractivity contribution in [3.05, 3.63) is 97.2 Å². The predicted octanol–water partition coefficient (Wildman–Crippen LogP) is 20.0. The summed E-state index contributed by atoms with van der Waals surface area (Å²) >= 11 is 0. The number of nitrogens with one attached hydrogen (secondary N) is 1. The maximum Gasteiger partial charge on any atom is 0.220 e. The Labute approximate surface area is 623 Å². The molecular weight excluding hydrogens is 1280 g/mol. The maximum absolute atomic E-state index is 13.4. The van der Waals surface area contributed by atoms with Crippen molar-refractivity contribution >= 4 is 5.91 Å². The summed E-state index contributed by atoms with van der Waals surface area (Å²) in [4.78, 5) is 13.4. The first kappa shape index (κ1) is 95.0. The number of allylic oxidation sites excluding steroid dienone is 15. The van der Waals surface area contributed by atoms with Gasteiger partial charge in [-0.2, -0.15) is 0 Å². The Morgan fingerprint density at radius 1 is 0.363 bits per heavy atom. The van der Waals surface area contributed by atoms with Crippen LogP contribution in [0, 0.1) is 0 Å². The van der Waals surface area contributed by atoms with E-state index in [0.717, 1.165) is 83.5 Å². The standard InChI is InChI=1S/C88H157NO13/c1-3-5-7-9-11-13-15-17-19-21-23-25-27-29-31-33-34-35-36-37-38-39-40-41-42-44-46-48-50-52-54-56-58-60-62-64-66-68-70-72-80(93)89-76(75-99-87-85(98)83(96)86(79(74-91)101-87)102-88-84(97)82(95)81(94)78(73-90)100-88)77(92)71-69-67-65-63-61-59-57-55-53-51-49-47-45-43-32-30-28-26-24-22-20-18-16-14-12-10-8-6-4-2/h5,7,11,13,17,19,23,25,29,31,34-35,37-38,69,71,76-79,81-88,90-92,94-98H,3-4,6,8-10,12,14-16,18,20-22,24,26-28,30,32-33,36,39-68,70,72-75H2,1-2H3,(H,89,93)/b7-5-,13-11-,19-17-,25-23-,31-29-,35-34-,38-37-,71-69+. The van der Waals surface area contributed by atoms with Gasteiger partial charge in [-0.05, 0) is 77.0 Å². The van der Waals surface area contributed by atoms with Gasteiger partial charge in [0.15, 0.2) is 12.6 Å². The fraction of sp³-hybridized carbons (Fsp3) is 0.807. The molecule has 2 saturated heterocycles. The first-order chi connectivity index (χ1) is 50.1. The van der Waals surface area contributed by atoms with Crippen molar-refractivity contribution in [3.8, 4) is 0 Å². The first-order valence-corrected chi connectivity index (χ1v) is 42.5. The molecule has 12 atom stereocenters. The monoisotopic (exact) mass is 1440 g/mol. The zero-order valence-corrected chi connectivity index (χ0v) is 65.1. The third-order valence-electron chi connectivity index (χ3n) is 20.3. The van der Waals surface area contributed by atoms with Gasteiger partial charge in [0.2, 0.25) is 5.91 Å². The zero-order chi connectivity index (χ0) is 73.7. The number of aliphatic hydroxyl groups excluding tert-OH is 8. The van der Waals surface area contributed by atoms with Gasteiger partial charge in [0.05, 0.1) is 32.0 Å². The number of aliphatic hydroxyl groups is 8. The van der Waals surface area contributed by atoms with Crippen LogP contribution >= 0.6 is 0 Å². The summed E-state index contributed by atoms with van der Waals surface area (Å²) in [5.74, 6) is -0.236. The maximum atomic E-state index is 13.4. The van der Waals surface area contributed by atoms with Crippen LogP contribution in [0.5, 0.6) is 0 Å². The summed E-state index contributed by atoms with van der Waals surface area (Å²) in [5.41, 5.74) is 0. The Bertz CT molecular complexity index is 2090. The van der Waals surface area contributed by atoms with Crippen LogP contribution in [0.2, 0.25) is 0 Å². The van der Waals surface area contributed by atoms with Crippen LogP contribution in [0.3, 0.4) is 0 Å². The van der Waals surface area contributed by atoms with Gasteiger partial charge < -0.3 is 65.1 Å². The van der Waals surface area contributed by atoms with Crippen molar-refractivity contribution in [2.45, 2.75) is 434 Å². The summed E-state index contributed by atoms with van der Waals surface area (Å²) in [6.07, 6.45) is 84.9. The molecular formula is C88H157NO13. The largest absolute Gasteiger partial charge is 0.394 e. The molecule has 2 aliphatic heterocycles. The van der Waals surface area contributed by atoms with Gasteiger partial charge in [0.25, 0.3) is 0 Å². The van der Waals surface area contributed by atoms with Crippen LogP contribution < -0.4 is 5.32 Å². The van der Waals surface area contributed by atoms with Crippen molar-refractivity contribution in [3.63, 3.8) is 0 Å². The normalized spacial score (nSPS) is 22.1. The summed E-state index contributed by atoms with van der Waals surface area (Å²) in [6, 6.07) is -0.921. The Balaban J connectivity index is 1.59. The SMILES string of the molecule is CC/C=C\C/C=C\C/C=C\C/C=C\C/C=C\C/C=C\C/C=C\CCCCCCCCCCCCCCCCCCCC(=O)NC(COC1OC(CO)C(OC2OC(CO)C(O)C(O)C2O)C(O)C1O)C(O)/C=C/CCCCCCCCCCCCCCCCCCCCCCCCCCCCC. The Morgan fingerprint density at radius 2 is 0.676 bits per heavy atom. The van der Waals surface area contributed by atoms with Crippen LogP contribution in [0.1, 0.15) is 361 Å². The van der Waals surface area contributed by atoms with Gasteiger partial charge in [0, 0.05) is 6.42 Å². The van der Waals surface area contributed by atoms with E-state index in [1.165, 1.54) is 250 Å². The Hall–Kier alpha value is -3.09. The van der Waals surface area contributed by atoms with Gasteiger partial charge in [-0.25, -0.2) is 0 Å². The summed E-state index contributed by atoms with van der Waals surface area (Å²) in [5, 5.41) is 87.8. The molecule has 592 valence electrons. The van der Waals surface area contributed by atoms with Crippen molar-refractivity contribution in [1.29, 1.82) is 0 Å². The molecule has 2 aliphatic rings. The highest BCUT2D eigenvalue weighted by atomic mass is 16.7. The molecule has 14 nitrogen and oxygen atoms in total. The minimum absolute atomic E-state index is 0.236. The third-order valence-corrected chi connectivity index (χ3v) is 20.3. The van der Waals surface area contributed by atoms with Gasteiger partial charge in [-0.1, -0.05) is 374 Å². The average molecular weight is 1440 g/mol. The quantitative estimate of drug-likeness (QED) is 0.0204. The number of ether oxygens (including phenoxy) is 4. The Morgan fingerprint density at radius 3 is 1.04 bits per heavy atom. The summed E-state index contributed by atoms with van der Waals surface area (Å²) < 4.78 is 22.9. The van der Waals surface area contributed by atoms with Gasteiger partial charge >= 0.3 is 0 Å². The highest BCUT2D eigenvalue weighted by molar-refractivity contribution is 5.76. The second-order valence-corrected chi connectivity index (χ2v) is 29.6. The minimum atomic E-state index is -1.79. The molecule has 0 aliphatic carbocycles. The number of carbonyl (C=O) groups excluding carboxylic acids is 1. The fourth-order valence-electron chi connectivity index (χ4n) is 13.6. The number of hydrogen-bond acceptors (Lipinski definition) is 13. The highest BCUT2D eigenvalue weighted by Gasteiger charge is 2.51. The van der Waals surface area contributed by atoms with E-state index in [9.17, 15) is 45.6 Å². The molecule has 0 aromatic carbocycles. The molecule has 0 bridgehead atoms. The number of amides is 1. The van der Waals surface area contributed by atoms with E-state index >= 15 is 0 Å². The topological polar surface area (TPSA) is 228 Å². The van der Waals surface area contributed by atoms with E-state index in [4.69, 9.17) is 18.9 Å². The molecule has 2 heterocycles. The lowest BCUT2D eigenvalue weighted by atomic mass is 9.97. The van der Waals surface area contributed by atoms with Crippen molar-refractivity contribution in [2.75, 3.05) is 19.8 Å². The number of rotatable bonds is 71. The molecule has 0 aromatic heterocycles. The van der Waals surface area contributed by atoms with E-state index < -0.39 is 86.8 Å². The lowest BCUT2D eigenvalue weighted by Crippen LogP contribution is -2.65. The molecule has 2 fully saturated rings. The summed E-state index contributed by atoms with van der Waals surface area (Å²) in [6.45, 7) is 2.74. The smallest absolute Gasteiger partial charge is 0.220 e. The van der Waals surface area contributed by atoms with Crippen LogP contribution in [0.4, 0.5) is 0 Å². The van der Waals surface area contributed by atoms with Crippen molar-refractivity contribution in [2.24, 2.45) is 0 Å². The van der Waals surface area contributed by atoms with Gasteiger partial charge in [-0.15, -0.1) is 0 Å². The molecule has 0 radical (unpaired) electrons. The van der Waals surface area contributed by atoms with Gasteiger partial charge in [-0.3, -0.25) is 4.79 Å². The lowest BCUT2D eigenvalue weighted by Gasteiger charge is -2.46.